The Balaban J connectivity index is 1.89. The highest BCUT2D eigenvalue weighted by molar-refractivity contribution is 7.11. The van der Waals surface area contributed by atoms with Gasteiger partial charge in [0, 0.05) is 4.88 Å². The Hall–Kier alpha value is -3.03. The van der Waals surface area contributed by atoms with E-state index in [0.717, 1.165) is 10.4 Å². The molecule has 0 radical (unpaired) electrons. The van der Waals surface area contributed by atoms with Gasteiger partial charge in [0.25, 0.3) is 5.56 Å². The van der Waals surface area contributed by atoms with Gasteiger partial charge in [0.15, 0.2) is 4.80 Å². The zero-order chi connectivity index (χ0) is 20.4. The summed E-state index contributed by atoms with van der Waals surface area (Å²) in [5, 5.41) is 1.97. The molecule has 0 bridgehead atoms. The maximum atomic E-state index is 13.2. The minimum absolute atomic E-state index is 0.168. The van der Waals surface area contributed by atoms with Crippen molar-refractivity contribution in [2.24, 2.45) is 4.99 Å². The third-order valence-corrected chi connectivity index (χ3v) is 6.36. The van der Waals surface area contributed by atoms with Gasteiger partial charge in [0.2, 0.25) is 0 Å². The van der Waals surface area contributed by atoms with Gasteiger partial charge in [-0.1, -0.05) is 59.9 Å². The minimum atomic E-state index is -0.579. The van der Waals surface area contributed by atoms with E-state index in [2.05, 4.69) is 4.99 Å². The highest BCUT2D eigenvalue weighted by atomic mass is 32.1. The van der Waals surface area contributed by atoms with Crippen LogP contribution >= 0.6 is 22.7 Å². The first-order chi connectivity index (χ1) is 14.1. The van der Waals surface area contributed by atoms with Crippen molar-refractivity contribution in [2.45, 2.75) is 13.0 Å². The molecule has 146 valence electrons. The summed E-state index contributed by atoms with van der Waals surface area (Å²) in [5.41, 5.74) is 1.74. The van der Waals surface area contributed by atoms with Crippen LogP contribution in [0.3, 0.4) is 0 Å². The average molecular weight is 423 g/mol. The number of hydrogen-bond donors (Lipinski definition) is 0. The van der Waals surface area contributed by atoms with Crippen LogP contribution in [0.15, 0.2) is 75.0 Å². The molecule has 0 unspecified atom stereocenters. The number of thiophene rings is 1. The smallest absolute Gasteiger partial charge is 0.338 e. The Morgan fingerprint density at radius 3 is 2.69 bits per heavy atom. The number of fused-ring (bicyclic) bond motifs is 1. The molecule has 3 aromatic rings. The topological polar surface area (TPSA) is 60.7 Å². The number of benzene rings is 1. The number of aromatic nitrogens is 1. The summed E-state index contributed by atoms with van der Waals surface area (Å²) in [6, 6.07) is 13.1. The molecule has 1 aromatic carbocycles. The number of ether oxygens (including phenoxy) is 1. The summed E-state index contributed by atoms with van der Waals surface area (Å²) in [5.74, 6) is -0.485. The Morgan fingerprint density at radius 1 is 1.21 bits per heavy atom. The second-order valence-corrected chi connectivity index (χ2v) is 8.39. The molecule has 1 aliphatic rings. The van der Waals surface area contributed by atoms with Crippen LogP contribution in [0.5, 0.6) is 0 Å². The molecule has 7 heteroatoms. The van der Waals surface area contributed by atoms with Crippen LogP contribution in [0.25, 0.3) is 12.2 Å². The highest BCUT2D eigenvalue weighted by Crippen LogP contribution is 2.26. The van der Waals surface area contributed by atoms with Gasteiger partial charge < -0.3 is 4.74 Å². The first-order valence-corrected chi connectivity index (χ1v) is 10.7. The van der Waals surface area contributed by atoms with Crippen molar-refractivity contribution in [3.8, 4) is 0 Å². The van der Waals surface area contributed by atoms with Gasteiger partial charge in [-0.25, -0.2) is 9.79 Å². The summed E-state index contributed by atoms with van der Waals surface area (Å²) in [7, 11) is 1.34. The Morgan fingerprint density at radius 2 is 2.00 bits per heavy atom. The molecule has 0 fully saturated rings. The number of methoxy groups -OCH3 is 1. The molecule has 0 spiro atoms. The number of rotatable bonds is 4. The predicted octanol–water partition coefficient (Wildman–Crippen LogP) is 3.13. The molecule has 0 saturated heterocycles. The first kappa shape index (κ1) is 19.3. The van der Waals surface area contributed by atoms with Gasteiger partial charge in [-0.3, -0.25) is 9.36 Å². The van der Waals surface area contributed by atoms with Crippen molar-refractivity contribution >= 4 is 40.8 Å². The van der Waals surface area contributed by atoms with Crippen molar-refractivity contribution < 1.29 is 9.53 Å². The number of nitrogens with zero attached hydrogens (tertiary/aromatic N) is 2. The van der Waals surface area contributed by atoms with E-state index in [1.54, 1.807) is 22.8 Å². The number of allylic oxidation sites excluding steroid dienone is 2. The molecule has 1 aliphatic heterocycles. The molecule has 29 heavy (non-hydrogen) atoms. The number of carbonyl (C=O) groups is 1. The standard InChI is InChI=1S/C22H18N2O3S2/c1-14-19(21(26)27-2)17(11-10-15-7-4-3-5-8-15)24-20(25)18(29-22(24)23-14)13-16-9-6-12-28-16/h3-13,17H,1-2H3/b11-10+,18-13-/t17-/m1/s1. The van der Waals surface area contributed by atoms with Crippen molar-refractivity contribution in [1.29, 1.82) is 0 Å². The molecule has 0 amide bonds. The van der Waals surface area contributed by atoms with Crippen LogP contribution in [0.2, 0.25) is 0 Å². The number of thiazole rings is 1. The van der Waals surface area contributed by atoms with Gasteiger partial charge in [0.1, 0.15) is 0 Å². The molecule has 0 saturated carbocycles. The molecule has 0 N–H and O–H groups in total. The average Bonchev–Trinajstić information content (AvgIpc) is 3.34. The second kappa shape index (κ2) is 8.14. The van der Waals surface area contributed by atoms with E-state index >= 15 is 0 Å². The maximum absolute atomic E-state index is 13.2. The fourth-order valence-electron chi connectivity index (χ4n) is 3.19. The third-order valence-electron chi connectivity index (χ3n) is 4.56. The van der Waals surface area contributed by atoms with Crippen molar-refractivity contribution in [3.05, 3.63) is 95.3 Å². The van der Waals surface area contributed by atoms with E-state index < -0.39 is 12.0 Å². The molecule has 4 rings (SSSR count). The fourth-order valence-corrected chi connectivity index (χ4v) is 4.96. The van der Waals surface area contributed by atoms with Crippen LogP contribution in [-0.2, 0) is 9.53 Å². The highest BCUT2D eigenvalue weighted by Gasteiger charge is 2.29. The van der Waals surface area contributed by atoms with Crippen molar-refractivity contribution in [3.63, 3.8) is 0 Å². The summed E-state index contributed by atoms with van der Waals surface area (Å²) in [6.45, 7) is 1.77. The lowest BCUT2D eigenvalue weighted by Crippen LogP contribution is -2.38. The predicted molar refractivity (Wildman–Crippen MR) is 116 cm³/mol. The molecule has 0 aliphatic carbocycles. The van der Waals surface area contributed by atoms with E-state index in [-0.39, 0.29) is 5.56 Å². The molecule has 5 nitrogen and oxygen atoms in total. The molecule has 3 heterocycles. The van der Waals surface area contributed by atoms with Crippen LogP contribution < -0.4 is 14.9 Å². The first-order valence-electron chi connectivity index (χ1n) is 8.96. The molecule has 1 atom stereocenters. The summed E-state index contributed by atoms with van der Waals surface area (Å²) >= 11 is 2.89. The summed E-state index contributed by atoms with van der Waals surface area (Å²) in [6.07, 6.45) is 5.62. The van der Waals surface area contributed by atoms with E-state index in [4.69, 9.17) is 4.74 Å². The van der Waals surface area contributed by atoms with Crippen LogP contribution in [0.1, 0.15) is 23.4 Å². The van der Waals surface area contributed by atoms with Crippen molar-refractivity contribution in [1.82, 2.24) is 4.57 Å². The number of esters is 1. The lowest BCUT2D eigenvalue weighted by atomic mass is 10.0. The summed E-state index contributed by atoms with van der Waals surface area (Å²) < 4.78 is 7.14. The SMILES string of the molecule is COC(=O)C1=C(C)N=c2s/c(=C\c3cccs3)c(=O)n2[C@@H]1/C=C/c1ccccc1. The van der Waals surface area contributed by atoms with E-state index in [1.807, 2.05) is 66.1 Å². The summed E-state index contributed by atoms with van der Waals surface area (Å²) in [4.78, 5) is 31.8. The Labute approximate surface area is 175 Å². The third kappa shape index (κ3) is 3.79. The monoisotopic (exact) mass is 422 g/mol. The quantitative estimate of drug-likeness (QED) is 0.607. The van der Waals surface area contributed by atoms with E-state index in [1.165, 1.54) is 18.4 Å². The van der Waals surface area contributed by atoms with Crippen LogP contribution in [0, 0.1) is 0 Å². The zero-order valence-corrected chi connectivity index (χ0v) is 17.5. The molecular formula is C22H18N2O3S2. The Kier molecular flexibility index (Phi) is 5.42. The molecular weight excluding hydrogens is 404 g/mol. The largest absolute Gasteiger partial charge is 0.466 e. The lowest BCUT2D eigenvalue weighted by molar-refractivity contribution is -0.136. The normalized spacial score (nSPS) is 16.8. The van der Waals surface area contributed by atoms with E-state index in [0.29, 0.717) is 20.6 Å². The van der Waals surface area contributed by atoms with Gasteiger partial charge in [-0.05, 0) is 30.0 Å². The maximum Gasteiger partial charge on any atom is 0.338 e. The van der Waals surface area contributed by atoms with E-state index in [9.17, 15) is 9.59 Å². The number of carbonyl (C=O) groups excluding carboxylic acids is 1. The molecule has 2 aromatic heterocycles. The Bertz CT molecular complexity index is 1280. The van der Waals surface area contributed by atoms with Crippen LogP contribution in [0.4, 0.5) is 0 Å². The zero-order valence-electron chi connectivity index (χ0n) is 15.9. The van der Waals surface area contributed by atoms with Gasteiger partial charge in [0.05, 0.1) is 29.0 Å². The van der Waals surface area contributed by atoms with Crippen molar-refractivity contribution in [2.75, 3.05) is 7.11 Å². The second-order valence-electron chi connectivity index (χ2n) is 6.40. The number of hydrogen-bond acceptors (Lipinski definition) is 6. The van der Waals surface area contributed by atoms with Gasteiger partial charge in [-0.2, -0.15) is 0 Å². The lowest BCUT2D eigenvalue weighted by Gasteiger charge is -2.21. The van der Waals surface area contributed by atoms with Gasteiger partial charge in [-0.15, -0.1) is 11.3 Å². The fraction of sp³-hybridized carbons (Fsp3) is 0.136. The van der Waals surface area contributed by atoms with Crippen LogP contribution in [-0.4, -0.2) is 17.6 Å². The minimum Gasteiger partial charge on any atom is -0.466 e. The van der Waals surface area contributed by atoms with Gasteiger partial charge >= 0.3 is 5.97 Å².